The van der Waals surface area contributed by atoms with E-state index in [2.05, 4.69) is 6.92 Å². The molecular formula is C27H35F2NO6. The molecule has 198 valence electrons. The highest BCUT2D eigenvalue weighted by Crippen LogP contribution is 2.18. The predicted octanol–water partition coefficient (Wildman–Crippen LogP) is 5.85. The molecule has 0 aromatic heterocycles. The second-order valence-electron chi connectivity index (χ2n) is 8.32. The number of carboxylic acid groups (broad SMARTS) is 1. The number of aliphatic carboxylic acids is 1. The molecule has 0 aliphatic rings. The van der Waals surface area contributed by atoms with Crippen molar-refractivity contribution >= 4 is 12.1 Å². The van der Waals surface area contributed by atoms with Gasteiger partial charge in [-0.1, -0.05) is 44.7 Å². The third kappa shape index (κ3) is 10.2. The Bertz CT molecular complexity index is 954. The summed E-state index contributed by atoms with van der Waals surface area (Å²) in [6, 6.07) is 9.95. The molecule has 0 spiro atoms. The largest absolute Gasteiger partial charge is 0.492 e. The minimum atomic E-state index is -1.09. The van der Waals surface area contributed by atoms with Crippen LogP contribution in [-0.4, -0.2) is 54.5 Å². The minimum Gasteiger partial charge on any atom is -0.492 e. The molecule has 1 N–H and O–H groups in total. The second kappa shape index (κ2) is 15.7. The summed E-state index contributed by atoms with van der Waals surface area (Å²) in [5, 5.41) is 9.23. The highest BCUT2D eigenvalue weighted by molar-refractivity contribution is 5.72. The Labute approximate surface area is 211 Å². The number of hydrogen-bond donors (Lipinski definition) is 1. The zero-order valence-electron chi connectivity index (χ0n) is 20.9. The van der Waals surface area contributed by atoms with Crippen LogP contribution in [0.4, 0.5) is 13.6 Å². The number of halogens is 2. The molecule has 0 heterocycles. The van der Waals surface area contributed by atoms with Crippen molar-refractivity contribution in [1.82, 2.24) is 4.90 Å². The lowest BCUT2D eigenvalue weighted by atomic mass is 10.1. The summed E-state index contributed by atoms with van der Waals surface area (Å²) >= 11 is 0. The maximum atomic E-state index is 13.5. The van der Waals surface area contributed by atoms with Gasteiger partial charge in [-0.15, -0.1) is 0 Å². The Morgan fingerprint density at radius 2 is 1.61 bits per heavy atom. The Morgan fingerprint density at radius 1 is 0.917 bits per heavy atom. The zero-order chi connectivity index (χ0) is 26.3. The van der Waals surface area contributed by atoms with Crippen LogP contribution in [0.2, 0.25) is 0 Å². The van der Waals surface area contributed by atoms with Crippen molar-refractivity contribution in [3.05, 3.63) is 59.7 Å². The maximum Gasteiger partial charge on any atom is 0.415 e. The fraction of sp³-hybridized carbons (Fsp3) is 0.481. The molecule has 2 rings (SSSR count). The third-order valence-corrected chi connectivity index (χ3v) is 5.50. The summed E-state index contributed by atoms with van der Waals surface area (Å²) < 4.78 is 42.9. The molecule has 1 amide bonds. The molecule has 0 radical (unpaired) electrons. The van der Waals surface area contributed by atoms with Gasteiger partial charge in [-0.2, -0.15) is 0 Å². The molecule has 7 nitrogen and oxygen atoms in total. The summed E-state index contributed by atoms with van der Waals surface area (Å²) in [5.74, 6) is -2.62. The van der Waals surface area contributed by atoms with Gasteiger partial charge in [0.1, 0.15) is 18.1 Å². The van der Waals surface area contributed by atoms with Crippen molar-refractivity contribution in [3.8, 4) is 11.5 Å². The van der Waals surface area contributed by atoms with E-state index < -0.39 is 29.8 Å². The molecule has 0 saturated carbocycles. The fourth-order valence-corrected chi connectivity index (χ4v) is 3.53. The van der Waals surface area contributed by atoms with Gasteiger partial charge in [-0.3, -0.25) is 0 Å². The average molecular weight is 508 g/mol. The van der Waals surface area contributed by atoms with Crippen molar-refractivity contribution in [3.63, 3.8) is 0 Å². The zero-order valence-corrected chi connectivity index (χ0v) is 20.9. The molecule has 0 aliphatic carbocycles. The van der Waals surface area contributed by atoms with Crippen LogP contribution < -0.4 is 9.47 Å². The van der Waals surface area contributed by atoms with E-state index in [4.69, 9.17) is 14.2 Å². The summed E-state index contributed by atoms with van der Waals surface area (Å²) in [6.45, 7) is 5.06. The van der Waals surface area contributed by atoms with E-state index in [0.717, 1.165) is 49.8 Å². The van der Waals surface area contributed by atoms with E-state index in [0.29, 0.717) is 18.9 Å². The first-order valence-corrected chi connectivity index (χ1v) is 12.3. The van der Waals surface area contributed by atoms with E-state index in [-0.39, 0.29) is 25.3 Å². The number of nitrogens with zero attached hydrogens (tertiary/aromatic N) is 1. The second-order valence-corrected chi connectivity index (χ2v) is 8.32. The van der Waals surface area contributed by atoms with Gasteiger partial charge in [0.05, 0.1) is 6.54 Å². The van der Waals surface area contributed by atoms with Crippen LogP contribution in [-0.2, 0) is 16.0 Å². The Morgan fingerprint density at radius 3 is 2.25 bits per heavy atom. The van der Waals surface area contributed by atoms with Gasteiger partial charge in [-0.05, 0) is 43.2 Å². The van der Waals surface area contributed by atoms with Crippen molar-refractivity contribution in [2.45, 2.75) is 58.5 Å². The first-order chi connectivity index (χ1) is 17.3. The average Bonchev–Trinajstić information content (AvgIpc) is 2.85. The van der Waals surface area contributed by atoms with Crippen LogP contribution in [0.5, 0.6) is 11.5 Å². The van der Waals surface area contributed by atoms with Crippen LogP contribution in [0, 0.1) is 11.6 Å². The Kier molecular flexibility index (Phi) is 12.7. The minimum absolute atomic E-state index is 0.0712. The van der Waals surface area contributed by atoms with Crippen LogP contribution in [0.3, 0.4) is 0 Å². The molecule has 2 aromatic carbocycles. The van der Waals surface area contributed by atoms with E-state index >= 15 is 0 Å². The lowest BCUT2D eigenvalue weighted by molar-refractivity contribution is -0.149. The van der Waals surface area contributed by atoms with E-state index in [1.807, 2.05) is 0 Å². The van der Waals surface area contributed by atoms with Gasteiger partial charge in [0.15, 0.2) is 17.7 Å². The molecule has 9 heteroatoms. The highest BCUT2D eigenvalue weighted by Gasteiger charge is 2.19. The number of amides is 1. The fourth-order valence-electron chi connectivity index (χ4n) is 3.53. The number of carbonyl (C=O) groups excluding carboxylic acids is 1. The van der Waals surface area contributed by atoms with Crippen molar-refractivity contribution in [2.75, 3.05) is 26.3 Å². The van der Waals surface area contributed by atoms with E-state index in [9.17, 15) is 23.5 Å². The van der Waals surface area contributed by atoms with Crippen LogP contribution >= 0.6 is 0 Å². The smallest absolute Gasteiger partial charge is 0.415 e. The summed E-state index contributed by atoms with van der Waals surface area (Å²) in [7, 11) is 0. The van der Waals surface area contributed by atoms with Gasteiger partial charge in [-0.25, -0.2) is 18.4 Å². The van der Waals surface area contributed by atoms with Crippen LogP contribution in [0.1, 0.15) is 51.5 Å². The van der Waals surface area contributed by atoms with Crippen molar-refractivity contribution in [2.24, 2.45) is 0 Å². The van der Waals surface area contributed by atoms with E-state index in [1.54, 1.807) is 31.2 Å². The first kappa shape index (κ1) is 29.0. The standard InChI is InChI=1S/C27H35F2NO6/c1-3-5-6-7-8-15-30(27(33)36-22-13-14-23(28)24(29)19-22)16-17-35-21-11-9-20(10-12-21)18-25(26(31)32)34-4-2/h9-14,19,25H,3-8,15-18H2,1-2H3,(H,31,32). The monoisotopic (exact) mass is 507 g/mol. The topological polar surface area (TPSA) is 85.3 Å². The highest BCUT2D eigenvalue weighted by atomic mass is 19.2. The maximum absolute atomic E-state index is 13.5. The van der Waals surface area contributed by atoms with Crippen molar-refractivity contribution in [1.29, 1.82) is 0 Å². The lowest BCUT2D eigenvalue weighted by Gasteiger charge is -2.22. The van der Waals surface area contributed by atoms with Gasteiger partial charge in [0.2, 0.25) is 0 Å². The molecule has 1 atom stereocenters. The molecule has 0 bridgehead atoms. The number of carbonyl (C=O) groups is 2. The van der Waals surface area contributed by atoms with E-state index in [1.165, 1.54) is 11.0 Å². The number of rotatable bonds is 16. The third-order valence-electron chi connectivity index (χ3n) is 5.50. The normalized spacial score (nSPS) is 11.7. The van der Waals surface area contributed by atoms with Gasteiger partial charge < -0.3 is 24.2 Å². The van der Waals surface area contributed by atoms with Gasteiger partial charge >= 0.3 is 12.1 Å². The van der Waals surface area contributed by atoms with Gasteiger partial charge in [0, 0.05) is 25.6 Å². The number of hydrogen-bond acceptors (Lipinski definition) is 5. The molecule has 36 heavy (non-hydrogen) atoms. The first-order valence-electron chi connectivity index (χ1n) is 12.3. The molecule has 1 unspecified atom stereocenters. The predicted molar refractivity (Wildman–Crippen MR) is 131 cm³/mol. The van der Waals surface area contributed by atoms with Crippen LogP contribution in [0.25, 0.3) is 0 Å². The number of benzene rings is 2. The summed E-state index contributed by atoms with van der Waals surface area (Å²) in [6.07, 6.45) is 3.71. The molecule has 0 aliphatic heterocycles. The molecular weight excluding hydrogens is 472 g/mol. The molecule has 2 aromatic rings. The molecule has 0 saturated heterocycles. The number of ether oxygens (including phenoxy) is 3. The number of carboxylic acids is 1. The Hall–Kier alpha value is -3.20. The quantitative estimate of drug-likeness (QED) is 0.287. The SMILES string of the molecule is CCCCCCCN(CCOc1ccc(CC(OCC)C(=O)O)cc1)C(=O)Oc1ccc(F)c(F)c1. The number of unbranched alkanes of at least 4 members (excludes halogenated alkanes) is 4. The van der Waals surface area contributed by atoms with Crippen molar-refractivity contribution < 1.29 is 37.7 Å². The van der Waals surface area contributed by atoms with Gasteiger partial charge in [0.25, 0.3) is 0 Å². The molecule has 0 fully saturated rings. The Balaban J connectivity index is 1.92. The van der Waals surface area contributed by atoms with Crippen LogP contribution in [0.15, 0.2) is 42.5 Å². The summed E-state index contributed by atoms with van der Waals surface area (Å²) in [4.78, 5) is 25.5. The lowest BCUT2D eigenvalue weighted by Crippen LogP contribution is -2.37. The summed E-state index contributed by atoms with van der Waals surface area (Å²) in [5.41, 5.74) is 0.798.